The van der Waals surface area contributed by atoms with E-state index >= 15 is 0 Å². The first kappa shape index (κ1) is 20.1. The lowest BCUT2D eigenvalue weighted by molar-refractivity contribution is -0.384. The van der Waals surface area contributed by atoms with Gasteiger partial charge in [-0.05, 0) is 37.5 Å². The van der Waals surface area contributed by atoms with E-state index in [1.165, 1.54) is 6.07 Å². The largest absolute Gasteiger partial charge is 0.486 e. The number of rotatable bonds is 7. The van der Waals surface area contributed by atoms with Crippen LogP contribution in [-0.4, -0.2) is 36.7 Å². The normalized spacial score (nSPS) is 20.7. The molecule has 0 radical (unpaired) electrons. The molecule has 3 atom stereocenters. The zero-order valence-corrected chi connectivity index (χ0v) is 16.4. The summed E-state index contributed by atoms with van der Waals surface area (Å²) in [6, 6.07) is 9.20. The third-order valence-electron chi connectivity index (χ3n) is 5.22. The van der Waals surface area contributed by atoms with Crippen molar-refractivity contribution < 1.29 is 32.7 Å². The van der Waals surface area contributed by atoms with Crippen LogP contribution in [0, 0.1) is 10.1 Å². The second-order valence-electron chi connectivity index (χ2n) is 7.08. The number of benzene rings is 2. The molecular formula is C19H18N2O8S. The van der Waals surface area contributed by atoms with Gasteiger partial charge in [0.15, 0.2) is 11.5 Å². The Labute approximate surface area is 171 Å². The molecule has 3 unspecified atom stereocenters. The monoisotopic (exact) mass is 434 g/mol. The molecule has 1 heterocycles. The number of ether oxygens (including phenoxy) is 2. The summed E-state index contributed by atoms with van der Waals surface area (Å²) in [4.78, 5) is 21.4. The summed E-state index contributed by atoms with van der Waals surface area (Å²) in [6.07, 6.45) is 1.02. The van der Waals surface area contributed by atoms with Gasteiger partial charge in [0.1, 0.15) is 6.10 Å². The predicted molar refractivity (Wildman–Crippen MR) is 103 cm³/mol. The first-order valence-corrected chi connectivity index (χ1v) is 10.7. The van der Waals surface area contributed by atoms with E-state index in [1.54, 1.807) is 6.07 Å². The fourth-order valence-corrected chi connectivity index (χ4v) is 4.89. The number of fused-ring (bicyclic) bond motifs is 3. The van der Waals surface area contributed by atoms with E-state index in [0.717, 1.165) is 49.1 Å². The van der Waals surface area contributed by atoms with Crippen molar-refractivity contribution in [1.29, 1.82) is 0 Å². The molecule has 2 aromatic carbocycles. The summed E-state index contributed by atoms with van der Waals surface area (Å²) in [5, 5.41) is 20.2. The smallest absolute Gasteiger partial charge is 0.361 e. The van der Waals surface area contributed by atoms with Crippen LogP contribution in [0.5, 0.6) is 11.5 Å². The summed E-state index contributed by atoms with van der Waals surface area (Å²) in [5.74, 6) is -0.742. The van der Waals surface area contributed by atoms with Crippen molar-refractivity contribution in [1.82, 2.24) is 4.72 Å². The number of carbonyl (C=O) groups is 1. The molecule has 0 aromatic heterocycles. The fourth-order valence-electron chi connectivity index (χ4n) is 3.83. The van der Waals surface area contributed by atoms with Gasteiger partial charge in [0.05, 0.1) is 9.82 Å². The number of carboxylic acid groups (broad SMARTS) is 1. The van der Waals surface area contributed by atoms with E-state index in [0.29, 0.717) is 5.75 Å². The number of sulfonamides is 1. The number of para-hydroxylation sites is 1. The highest BCUT2D eigenvalue weighted by atomic mass is 32.2. The highest BCUT2D eigenvalue weighted by Crippen LogP contribution is 2.50. The Kier molecular flexibility index (Phi) is 5.08. The minimum Gasteiger partial charge on any atom is -0.486 e. The van der Waals surface area contributed by atoms with Crippen LogP contribution < -0.4 is 14.2 Å². The first-order valence-electron chi connectivity index (χ1n) is 9.22. The van der Waals surface area contributed by atoms with Crippen molar-refractivity contribution in [3.63, 3.8) is 0 Å². The van der Waals surface area contributed by atoms with Gasteiger partial charge in [-0.2, -0.15) is 4.72 Å². The molecule has 30 heavy (non-hydrogen) atoms. The second kappa shape index (κ2) is 7.58. The Morgan fingerprint density at radius 3 is 2.63 bits per heavy atom. The molecule has 0 spiro atoms. The van der Waals surface area contributed by atoms with E-state index in [4.69, 9.17) is 9.47 Å². The van der Waals surface area contributed by atoms with Gasteiger partial charge < -0.3 is 14.6 Å². The highest BCUT2D eigenvalue weighted by Gasteiger charge is 2.40. The van der Waals surface area contributed by atoms with Crippen molar-refractivity contribution >= 4 is 21.7 Å². The van der Waals surface area contributed by atoms with Crippen LogP contribution in [0.4, 0.5) is 5.69 Å². The maximum atomic E-state index is 12.6. The molecule has 1 fully saturated rings. The van der Waals surface area contributed by atoms with Crippen LogP contribution in [0.1, 0.15) is 30.7 Å². The molecule has 0 saturated heterocycles. The zero-order chi connectivity index (χ0) is 21.5. The number of hydrogen-bond donors (Lipinski definition) is 2. The van der Waals surface area contributed by atoms with Crippen LogP contribution in [0.2, 0.25) is 0 Å². The summed E-state index contributed by atoms with van der Waals surface area (Å²) in [6.45, 7) is 0. The van der Waals surface area contributed by atoms with Gasteiger partial charge in [0, 0.05) is 23.6 Å². The number of nitro groups is 1. The molecule has 2 N–H and O–H groups in total. The predicted octanol–water partition coefficient (Wildman–Crippen LogP) is 2.39. The van der Waals surface area contributed by atoms with E-state index in [1.807, 2.05) is 10.8 Å². The lowest BCUT2D eigenvalue weighted by Crippen LogP contribution is -2.44. The molecule has 11 heteroatoms. The third kappa shape index (κ3) is 3.68. The maximum Gasteiger partial charge on any atom is 0.361 e. The molecule has 2 aromatic rings. The van der Waals surface area contributed by atoms with Crippen molar-refractivity contribution in [2.45, 2.75) is 42.4 Å². The summed E-state index contributed by atoms with van der Waals surface area (Å²) in [7, 11) is -4.32. The molecule has 158 valence electrons. The molecule has 0 bridgehead atoms. The fraction of sp³-hybridized carbons (Fsp3) is 0.316. The van der Waals surface area contributed by atoms with E-state index in [9.17, 15) is 28.4 Å². The molecule has 10 nitrogen and oxygen atoms in total. The molecule has 2 aliphatic rings. The Morgan fingerprint density at radius 1 is 1.23 bits per heavy atom. The standard InChI is InChI=1S/C19H18N2O8S/c22-19(23)18(20-30(26,27)12-9-7-11(8-10-12)21(24)25)29-16-6-2-4-14-13-3-1-5-15(13)28-17(14)16/h2,4,6-10,13,15,18,20H,1,3,5H2,(H,22,23). The van der Waals surface area contributed by atoms with Crippen molar-refractivity contribution in [3.8, 4) is 11.5 Å². The topological polar surface area (TPSA) is 145 Å². The van der Waals surface area contributed by atoms with E-state index in [2.05, 4.69) is 0 Å². The average molecular weight is 434 g/mol. The Bertz CT molecular complexity index is 1100. The second-order valence-corrected chi connectivity index (χ2v) is 8.79. The van der Waals surface area contributed by atoms with Crippen LogP contribution in [0.3, 0.4) is 0 Å². The van der Waals surface area contributed by atoms with Gasteiger partial charge in [-0.1, -0.05) is 12.1 Å². The molecule has 0 amide bonds. The zero-order valence-electron chi connectivity index (χ0n) is 15.6. The maximum absolute atomic E-state index is 12.6. The Hall–Kier alpha value is -3.18. The molecule has 4 rings (SSSR count). The summed E-state index contributed by atoms with van der Waals surface area (Å²) in [5.41, 5.74) is 0.639. The third-order valence-corrected chi connectivity index (χ3v) is 6.64. The van der Waals surface area contributed by atoms with Gasteiger partial charge in [-0.3, -0.25) is 10.1 Å². The lowest BCUT2D eigenvalue weighted by Gasteiger charge is -2.18. The van der Waals surface area contributed by atoms with Gasteiger partial charge in [0.25, 0.3) is 11.9 Å². The Morgan fingerprint density at radius 2 is 1.97 bits per heavy atom. The van der Waals surface area contributed by atoms with E-state index < -0.39 is 27.1 Å². The van der Waals surface area contributed by atoms with Gasteiger partial charge in [0.2, 0.25) is 10.0 Å². The van der Waals surface area contributed by atoms with Gasteiger partial charge in [-0.15, -0.1) is 0 Å². The van der Waals surface area contributed by atoms with Crippen LogP contribution >= 0.6 is 0 Å². The van der Waals surface area contributed by atoms with Crippen molar-refractivity contribution in [3.05, 3.63) is 58.1 Å². The van der Waals surface area contributed by atoms with Crippen LogP contribution in [-0.2, 0) is 14.8 Å². The summed E-state index contributed by atoms with van der Waals surface area (Å²) >= 11 is 0. The van der Waals surface area contributed by atoms with Crippen molar-refractivity contribution in [2.24, 2.45) is 0 Å². The lowest BCUT2D eigenvalue weighted by atomic mass is 9.97. The quantitative estimate of drug-likeness (QED) is 0.384. The number of aliphatic carboxylic acids is 1. The SMILES string of the molecule is O=C(O)C(NS(=O)(=O)c1ccc([N+](=O)[O-])cc1)Oc1cccc2c1OC1CCCC21. The molecule has 1 aliphatic heterocycles. The minimum absolute atomic E-state index is 0.0184. The average Bonchev–Trinajstić information content (AvgIpc) is 3.29. The number of non-ortho nitro benzene ring substituents is 1. The molecule has 1 aliphatic carbocycles. The first-order chi connectivity index (χ1) is 14.3. The number of hydrogen-bond acceptors (Lipinski definition) is 7. The van der Waals surface area contributed by atoms with Crippen molar-refractivity contribution in [2.75, 3.05) is 0 Å². The molecular weight excluding hydrogens is 416 g/mol. The van der Waals surface area contributed by atoms with Crippen LogP contribution in [0.25, 0.3) is 0 Å². The Balaban J connectivity index is 1.56. The number of nitrogens with zero attached hydrogens (tertiary/aromatic N) is 1. The molecule has 1 saturated carbocycles. The minimum atomic E-state index is -4.32. The number of nitro benzene ring substituents is 1. The van der Waals surface area contributed by atoms with Crippen LogP contribution in [0.15, 0.2) is 47.4 Å². The van der Waals surface area contributed by atoms with E-state index in [-0.39, 0.29) is 28.4 Å². The highest BCUT2D eigenvalue weighted by molar-refractivity contribution is 7.89. The van der Waals surface area contributed by atoms with Gasteiger partial charge in [-0.25, -0.2) is 13.2 Å². The number of nitrogens with one attached hydrogen (secondary N) is 1. The summed E-state index contributed by atoms with van der Waals surface area (Å²) < 4.78 is 38.5. The van der Waals surface area contributed by atoms with Gasteiger partial charge >= 0.3 is 5.97 Å². The number of carboxylic acids is 1.